The highest BCUT2D eigenvalue weighted by molar-refractivity contribution is 5.81. The molecule has 0 unspecified atom stereocenters. The predicted octanol–water partition coefficient (Wildman–Crippen LogP) is 2.98. The van der Waals surface area contributed by atoms with E-state index in [-0.39, 0.29) is 5.95 Å². The van der Waals surface area contributed by atoms with E-state index in [0.717, 1.165) is 28.0 Å². The minimum absolute atomic E-state index is 0.165. The lowest BCUT2D eigenvalue weighted by Crippen LogP contribution is -2.01. The number of anilines is 2. The second-order valence-corrected chi connectivity index (χ2v) is 4.81. The molecule has 3 aromatic rings. The van der Waals surface area contributed by atoms with E-state index in [2.05, 4.69) is 9.97 Å². The zero-order valence-corrected chi connectivity index (χ0v) is 12.2. The van der Waals surface area contributed by atoms with Gasteiger partial charge in [0.25, 0.3) is 0 Å². The number of nitrogens with two attached hydrogens (primary N) is 2. The molecule has 1 aromatic heterocycles. The Labute approximate surface area is 128 Å². The molecule has 0 saturated carbocycles. The monoisotopic (exact) mass is 292 g/mol. The van der Waals surface area contributed by atoms with Gasteiger partial charge in [0, 0.05) is 17.3 Å². The molecular formula is C17H16N4O. The van der Waals surface area contributed by atoms with Gasteiger partial charge in [0.2, 0.25) is 5.95 Å². The first-order chi connectivity index (χ1) is 10.7. The quantitative estimate of drug-likeness (QED) is 0.775. The van der Waals surface area contributed by atoms with Gasteiger partial charge in [-0.05, 0) is 23.3 Å². The Hall–Kier alpha value is -3.08. The van der Waals surface area contributed by atoms with Crippen LogP contribution in [0.25, 0.3) is 22.3 Å². The number of benzene rings is 2. The Kier molecular flexibility index (Phi) is 3.62. The number of nitrogen functional groups attached to an aromatic ring is 2. The van der Waals surface area contributed by atoms with Gasteiger partial charge in [-0.2, -0.15) is 4.98 Å². The molecule has 0 fully saturated rings. The Morgan fingerprint density at radius 2 is 1.68 bits per heavy atom. The van der Waals surface area contributed by atoms with Crippen molar-refractivity contribution in [3.8, 4) is 28.0 Å². The number of rotatable bonds is 3. The maximum Gasteiger partial charge on any atom is 0.221 e. The smallest absolute Gasteiger partial charge is 0.221 e. The van der Waals surface area contributed by atoms with Crippen LogP contribution in [0.15, 0.2) is 54.7 Å². The van der Waals surface area contributed by atoms with Crippen molar-refractivity contribution >= 4 is 11.8 Å². The zero-order valence-electron chi connectivity index (χ0n) is 12.2. The number of hydrogen-bond donors (Lipinski definition) is 2. The second kappa shape index (κ2) is 5.73. The van der Waals surface area contributed by atoms with Gasteiger partial charge in [0.15, 0.2) is 0 Å². The summed E-state index contributed by atoms with van der Waals surface area (Å²) in [5.74, 6) is 1.32. The van der Waals surface area contributed by atoms with Gasteiger partial charge in [0.1, 0.15) is 11.6 Å². The van der Waals surface area contributed by atoms with E-state index >= 15 is 0 Å². The van der Waals surface area contributed by atoms with E-state index in [4.69, 9.17) is 16.2 Å². The van der Waals surface area contributed by atoms with Crippen LogP contribution in [0.5, 0.6) is 5.75 Å². The Balaban J connectivity index is 2.15. The van der Waals surface area contributed by atoms with Crippen molar-refractivity contribution in [2.75, 3.05) is 18.6 Å². The maximum absolute atomic E-state index is 5.95. The molecule has 3 rings (SSSR count). The van der Waals surface area contributed by atoms with Gasteiger partial charge < -0.3 is 16.2 Å². The van der Waals surface area contributed by atoms with Crippen molar-refractivity contribution in [2.24, 2.45) is 0 Å². The van der Waals surface area contributed by atoms with Gasteiger partial charge in [-0.15, -0.1) is 0 Å². The van der Waals surface area contributed by atoms with E-state index in [1.165, 1.54) is 0 Å². The van der Waals surface area contributed by atoms with Crippen LogP contribution in [0.3, 0.4) is 0 Å². The average molecular weight is 292 g/mol. The topological polar surface area (TPSA) is 87.0 Å². The fourth-order valence-corrected chi connectivity index (χ4v) is 2.35. The van der Waals surface area contributed by atoms with Crippen molar-refractivity contribution < 1.29 is 4.74 Å². The predicted molar refractivity (Wildman–Crippen MR) is 88.3 cm³/mol. The third-order valence-corrected chi connectivity index (χ3v) is 3.43. The summed E-state index contributed by atoms with van der Waals surface area (Å²) >= 11 is 0. The normalized spacial score (nSPS) is 10.4. The van der Waals surface area contributed by atoms with Gasteiger partial charge in [0.05, 0.1) is 7.11 Å². The third kappa shape index (κ3) is 2.56. The highest BCUT2D eigenvalue weighted by Gasteiger charge is 2.11. The minimum Gasteiger partial charge on any atom is -0.496 e. The minimum atomic E-state index is 0.165. The third-order valence-electron chi connectivity index (χ3n) is 3.43. The molecule has 0 amide bonds. The number of hydrogen-bond acceptors (Lipinski definition) is 5. The molecule has 1 heterocycles. The molecule has 0 saturated heterocycles. The summed E-state index contributed by atoms with van der Waals surface area (Å²) in [7, 11) is 1.65. The summed E-state index contributed by atoms with van der Waals surface area (Å²) in [4.78, 5) is 8.02. The molecule has 0 atom stereocenters. The molecule has 0 aliphatic carbocycles. The lowest BCUT2D eigenvalue weighted by molar-refractivity contribution is 0.416. The van der Waals surface area contributed by atoms with Gasteiger partial charge in [-0.25, -0.2) is 4.98 Å². The number of ether oxygens (including phenoxy) is 1. The largest absolute Gasteiger partial charge is 0.496 e. The highest BCUT2D eigenvalue weighted by atomic mass is 16.5. The fourth-order valence-electron chi connectivity index (χ4n) is 2.35. The number of aromatic nitrogens is 2. The summed E-state index contributed by atoms with van der Waals surface area (Å²) in [6.45, 7) is 0. The summed E-state index contributed by atoms with van der Waals surface area (Å²) in [6, 6.07) is 15.9. The average Bonchev–Trinajstić information content (AvgIpc) is 2.55. The van der Waals surface area contributed by atoms with Crippen LogP contribution in [0.2, 0.25) is 0 Å². The molecule has 0 radical (unpaired) electrons. The number of methoxy groups -OCH3 is 1. The highest BCUT2D eigenvalue weighted by Crippen LogP contribution is 2.35. The van der Waals surface area contributed by atoms with Crippen LogP contribution >= 0.6 is 0 Å². The second-order valence-electron chi connectivity index (χ2n) is 4.81. The van der Waals surface area contributed by atoms with E-state index in [0.29, 0.717) is 5.82 Å². The van der Waals surface area contributed by atoms with Crippen molar-refractivity contribution in [2.45, 2.75) is 0 Å². The van der Waals surface area contributed by atoms with Crippen molar-refractivity contribution in [3.63, 3.8) is 0 Å². The standard InChI is InChI=1S/C17H16N4O/c1-22-15-8-7-12(14-10-20-17(19)21-16(14)18)9-13(15)11-5-3-2-4-6-11/h2-10H,1H3,(H4,18,19,20,21). The summed E-state index contributed by atoms with van der Waals surface area (Å²) < 4.78 is 5.46. The Morgan fingerprint density at radius 1 is 0.909 bits per heavy atom. The van der Waals surface area contributed by atoms with Crippen molar-refractivity contribution in [1.29, 1.82) is 0 Å². The molecule has 4 N–H and O–H groups in total. The Bertz CT molecular complexity index is 803. The van der Waals surface area contributed by atoms with Crippen LogP contribution in [0.1, 0.15) is 0 Å². The van der Waals surface area contributed by atoms with Crippen molar-refractivity contribution in [1.82, 2.24) is 9.97 Å². The van der Waals surface area contributed by atoms with Gasteiger partial charge in [-0.1, -0.05) is 36.4 Å². The van der Waals surface area contributed by atoms with E-state index < -0.39 is 0 Å². The summed E-state index contributed by atoms with van der Waals surface area (Å²) in [6.07, 6.45) is 1.63. The van der Waals surface area contributed by atoms with Gasteiger partial charge >= 0.3 is 0 Å². The van der Waals surface area contributed by atoms with E-state index in [9.17, 15) is 0 Å². The van der Waals surface area contributed by atoms with E-state index in [1.807, 2.05) is 48.5 Å². The van der Waals surface area contributed by atoms with Crippen molar-refractivity contribution in [3.05, 3.63) is 54.7 Å². The molecule has 5 nitrogen and oxygen atoms in total. The lowest BCUT2D eigenvalue weighted by atomic mass is 9.99. The number of nitrogens with zero attached hydrogens (tertiary/aromatic N) is 2. The van der Waals surface area contributed by atoms with E-state index in [1.54, 1.807) is 13.3 Å². The molecule has 22 heavy (non-hydrogen) atoms. The first-order valence-corrected chi connectivity index (χ1v) is 6.81. The lowest BCUT2D eigenvalue weighted by Gasteiger charge is -2.12. The summed E-state index contributed by atoms with van der Waals surface area (Å²) in [5.41, 5.74) is 15.2. The van der Waals surface area contributed by atoms with Crippen LogP contribution < -0.4 is 16.2 Å². The first-order valence-electron chi connectivity index (χ1n) is 6.81. The van der Waals surface area contributed by atoms with Crippen LogP contribution in [-0.2, 0) is 0 Å². The molecule has 0 aliphatic rings. The molecule has 5 heteroatoms. The molecule has 110 valence electrons. The SMILES string of the molecule is COc1ccc(-c2cnc(N)nc2N)cc1-c1ccccc1. The zero-order chi connectivity index (χ0) is 15.5. The molecule has 0 spiro atoms. The maximum atomic E-state index is 5.95. The van der Waals surface area contributed by atoms with Gasteiger partial charge in [-0.3, -0.25) is 0 Å². The van der Waals surface area contributed by atoms with Crippen LogP contribution in [0, 0.1) is 0 Å². The first kappa shape index (κ1) is 13.9. The van der Waals surface area contributed by atoms with Crippen LogP contribution in [-0.4, -0.2) is 17.1 Å². The Morgan fingerprint density at radius 3 is 2.36 bits per heavy atom. The molecule has 0 aliphatic heterocycles. The fraction of sp³-hybridized carbons (Fsp3) is 0.0588. The van der Waals surface area contributed by atoms with Crippen LogP contribution in [0.4, 0.5) is 11.8 Å². The molecular weight excluding hydrogens is 276 g/mol. The summed E-state index contributed by atoms with van der Waals surface area (Å²) in [5, 5.41) is 0. The molecule has 2 aromatic carbocycles. The molecule has 0 bridgehead atoms.